The van der Waals surface area contributed by atoms with Gasteiger partial charge < -0.3 is 14.7 Å². The number of aliphatic hydroxyl groups is 1. The molecule has 25 heavy (non-hydrogen) atoms. The van der Waals surface area contributed by atoms with Crippen LogP contribution in [-0.2, 0) is 13.0 Å². The summed E-state index contributed by atoms with van der Waals surface area (Å²) in [5, 5.41) is 10.4. The Balaban J connectivity index is 1.50. The van der Waals surface area contributed by atoms with Crippen molar-refractivity contribution < 1.29 is 14.7 Å². The van der Waals surface area contributed by atoms with Crippen LogP contribution in [0.15, 0.2) is 42.5 Å². The molecule has 0 saturated carbocycles. The van der Waals surface area contributed by atoms with E-state index < -0.39 is 6.10 Å². The SMILES string of the molecule is Cc1cc(OC[C@@H](O)C[NH+]2CCc3ccccc3C2)ccc1C(C)C. The van der Waals surface area contributed by atoms with Gasteiger partial charge in [0.05, 0.1) is 6.54 Å². The van der Waals surface area contributed by atoms with E-state index in [1.165, 1.54) is 27.2 Å². The maximum atomic E-state index is 10.4. The van der Waals surface area contributed by atoms with Crippen LogP contribution >= 0.6 is 0 Å². The van der Waals surface area contributed by atoms with Gasteiger partial charge in [-0.15, -0.1) is 0 Å². The van der Waals surface area contributed by atoms with Crippen LogP contribution in [0.25, 0.3) is 0 Å². The van der Waals surface area contributed by atoms with Crippen LogP contribution in [-0.4, -0.2) is 30.9 Å². The topological polar surface area (TPSA) is 33.9 Å². The first-order valence-corrected chi connectivity index (χ1v) is 9.34. The minimum absolute atomic E-state index is 0.353. The van der Waals surface area contributed by atoms with E-state index in [0.29, 0.717) is 12.5 Å². The first-order valence-electron chi connectivity index (χ1n) is 9.34. The Morgan fingerprint density at radius 2 is 1.88 bits per heavy atom. The zero-order valence-corrected chi connectivity index (χ0v) is 15.6. The van der Waals surface area contributed by atoms with Gasteiger partial charge in [-0.1, -0.05) is 44.2 Å². The van der Waals surface area contributed by atoms with E-state index in [2.05, 4.69) is 57.2 Å². The fourth-order valence-corrected chi connectivity index (χ4v) is 3.79. The summed E-state index contributed by atoms with van der Waals surface area (Å²) in [6.07, 6.45) is 0.653. The second-order valence-corrected chi connectivity index (χ2v) is 7.54. The number of hydrogen-bond donors (Lipinski definition) is 2. The molecule has 0 aliphatic carbocycles. The molecule has 0 amide bonds. The molecule has 134 valence electrons. The summed E-state index contributed by atoms with van der Waals surface area (Å²) in [5.41, 5.74) is 5.47. The number of benzene rings is 2. The van der Waals surface area contributed by atoms with Crippen molar-refractivity contribution in [3.63, 3.8) is 0 Å². The van der Waals surface area contributed by atoms with Gasteiger partial charge >= 0.3 is 0 Å². The molecule has 2 aromatic rings. The zero-order chi connectivity index (χ0) is 17.8. The predicted octanol–water partition coefficient (Wildman–Crippen LogP) is 2.50. The van der Waals surface area contributed by atoms with E-state index in [4.69, 9.17) is 4.74 Å². The largest absolute Gasteiger partial charge is 0.491 e. The van der Waals surface area contributed by atoms with Gasteiger partial charge in [-0.05, 0) is 41.7 Å². The quantitative estimate of drug-likeness (QED) is 0.847. The van der Waals surface area contributed by atoms with E-state index >= 15 is 0 Å². The number of hydrogen-bond acceptors (Lipinski definition) is 2. The molecule has 0 fully saturated rings. The molecule has 0 saturated heterocycles. The fourth-order valence-electron chi connectivity index (χ4n) is 3.79. The van der Waals surface area contributed by atoms with Gasteiger partial charge in [-0.2, -0.15) is 0 Å². The van der Waals surface area contributed by atoms with Gasteiger partial charge in [0.15, 0.2) is 0 Å². The van der Waals surface area contributed by atoms with E-state index in [-0.39, 0.29) is 0 Å². The number of ether oxygens (including phenoxy) is 1. The number of rotatable bonds is 6. The molecule has 3 rings (SSSR count). The van der Waals surface area contributed by atoms with Crippen molar-refractivity contribution in [2.45, 2.75) is 45.8 Å². The highest BCUT2D eigenvalue weighted by atomic mass is 16.5. The molecule has 2 N–H and O–H groups in total. The van der Waals surface area contributed by atoms with Crippen LogP contribution in [0.1, 0.15) is 42.0 Å². The monoisotopic (exact) mass is 340 g/mol. The van der Waals surface area contributed by atoms with Crippen LogP contribution < -0.4 is 9.64 Å². The Bertz CT molecular complexity index is 711. The summed E-state index contributed by atoms with van der Waals surface area (Å²) in [6, 6.07) is 14.9. The average Bonchev–Trinajstić information content (AvgIpc) is 2.59. The second-order valence-electron chi connectivity index (χ2n) is 7.54. The number of aryl methyl sites for hydroxylation is 1. The molecule has 1 unspecified atom stereocenters. The van der Waals surface area contributed by atoms with Crippen LogP contribution in [0.5, 0.6) is 5.75 Å². The zero-order valence-electron chi connectivity index (χ0n) is 15.6. The van der Waals surface area contributed by atoms with Crippen molar-refractivity contribution in [2.24, 2.45) is 0 Å². The van der Waals surface area contributed by atoms with Gasteiger partial charge in [-0.3, -0.25) is 0 Å². The summed E-state index contributed by atoms with van der Waals surface area (Å²) in [6.45, 7) is 9.68. The van der Waals surface area contributed by atoms with Crippen LogP contribution in [0.3, 0.4) is 0 Å². The Hall–Kier alpha value is -1.84. The molecule has 0 aromatic heterocycles. The lowest BCUT2D eigenvalue weighted by Gasteiger charge is -2.27. The van der Waals surface area contributed by atoms with E-state index in [1.807, 2.05) is 6.07 Å². The lowest BCUT2D eigenvalue weighted by atomic mass is 9.98. The normalized spacial score (nSPS) is 18.0. The third-order valence-corrected chi connectivity index (χ3v) is 5.14. The molecule has 0 spiro atoms. The van der Waals surface area contributed by atoms with Crippen molar-refractivity contribution in [2.75, 3.05) is 19.7 Å². The predicted molar refractivity (Wildman–Crippen MR) is 101 cm³/mol. The van der Waals surface area contributed by atoms with Crippen molar-refractivity contribution in [3.05, 3.63) is 64.7 Å². The molecule has 1 heterocycles. The molecule has 1 aliphatic rings. The minimum Gasteiger partial charge on any atom is -0.491 e. The number of quaternary nitrogens is 1. The van der Waals surface area contributed by atoms with Crippen LogP contribution in [0.2, 0.25) is 0 Å². The van der Waals surface area contributed by atoms with Crippen molar-refractivity contribution in [1.29, 1.82) is 0 Å². The highest BCUT2D eigenvalue weighted by Crippen LogP contribution is 2.23. The minimum atomic E-state index is -0.439. The molecule has 2 atom stereocenters. The first kappa shape index (κ1) is 18.0. The highest BCUT2D eigenvalue weighted by Gasteiger charge is 2.22. The third-order valence-electron chi connectivity index (χ3n) is 5.14. The number of fused-ring (bicyclic) bond motifs is 1. The number of aliphatic hydroxyl groups excluding tert-OH is 1. The van der Waals surface area contributed by atoms with Gasteiger partial charge in [0.1, 0.15) is 31.5 Å². The third kappa shape index (κ3) is 4.62. The standard InChI is InChI=1S/C22H29NO2/c1-16(2)22-9-8-21(12-17(22)3)25-15-20(24)14-23-11-10-18-6-4-5-7-19(18)13-23/h4-9,12,16,20,24H,10-11,13-15H2,1-3H3/p+1/t20-/m0/s1. The maximum Gasteiger partial charge on any atom is 0.137 e. The Labute approximate surface area is 151 Å². The lowest BCUT2D eigenvalue weighted by Crippen LogP contribution is -3.13. The maximum absolute atomic E-state index is 10.4. The Kier molecular flexibility index (Phi) is 5.77. The average molecular weight is 340 g/mol. The lowest BCUT2D eigenvalue weighted by molar-refractivity contribution is -0.918. The number of nitrogens with one attached hydrogen (secondary N) is 1. The van der Waals surface area contributed by atoms with Gasteiger partial charge in [0.25, 0.3) is 0 Å². The Morgan fingerprint density at radius 3 is 2.60 bits per heavy atom. The first-order chi connectivity index (χ1) is 12.0. The van der Waals surface area contributed by atoms with Gasteiger partial charge in [0, 0.05) is 12.0 Å². The van der Waals surface area contributed by atoms with Crippen molar-refractivity contribution in [3.8, 4) is 5.75 Å². The molecule has 1 aliphatic heterocycles. The fraction of sp³-hybridized carbons (Fsp3) is 0.455. The van der Waals surface area contributed by atoms with E-state index in [9.17, 15) is 5.11 Å². The highest BCUT2D eigenvalue weighted by molar-refractivity contribution is 5.36. The summed E-state index contributed by atoms with van der Waals surface area (Å²) in [5.74, 6) is 1.37. The molecule has 2 aromatic carbocycles. The van der Waals surface area contributed by atoms with Crippen LogP contribution in [0, 0.1) is 6.92 Å². The smallest absolute Gasteiger partial charge is 0.137 e. The van der Waals surface area contributed by atoms with Crippen LogP contribution in [0.4, 0.5) is 0 Å². The summed E-state index contributed by atoms with van der Waals surface area (Å²) >= 11 is 0. The Morgan fingerprint density at radius 1 is 1.12 bits per heavy atom. The molecule has 0 bridgehead atoms. The molecule has 3 heteroatoms. The molecule has 3 nitrogen and oxygen atoms in total. The van der Waals surface area contributed by atoms with Crippen molar-refractivity contribution >= 4 is 0 Å². The van der Waals surface area contributed by atoms with E-state index in [0.717, 1.165) is 31.8 Å². The van der Waals surface area contributed by atoms with Gasteiger partial charge in [-0.25, -0.2) is 0 Å². The summed E-state index contributed by atoms with van der Waals surface area (Å²) < 4.78 is 5.83. The molecular weight excluding hydrogens is 310 g/mol. The van der Waals surface area contributed by atoms with Crippen molar-refractivity contribution in [1.82, 2.24) is 0 Å². The molecule has 0 radical (unpaired) electrons. The van der Waals surface area contributed by atoms with Gasteiger partial charge in [0.2, 0.25) is 0 Å². The summed E-state index contributed by atoms with van der Waals surface area (Å²) in [7, 11) is 0. The van der Waals surface area contributed by atoms with E-state index in [1.54, 1.807) is 0 Å². The molecular formula is C22H30NO2+. The summed E-state index contributed by atoms with van der Waals surface area (Å²) in [4.78, 5) is 1.43. The second kappa shape index (κ2) is 8.03.